The van der Waals surface area contributed by atoms with E-state index in [0.29, 0.717) is 22.7 Å². The highest BCUT2D eigenvalue weighted by Crippen LogP contribution is 2.30. The van der Waals surface area contributed by atoms with Gasteiger partial charge in [0.1, 0.15) is 11.7 Å². The molecule has 0 radical (unpaired) electrons. The number of halogens is 2. The molecule has 0 aliphatic carbocycles. The summed E-state index contributed by atoms with van der Waals surface area (Å²) in [4.78, 5) is 25.6. The quantitative estimate of drug-likeness (QED) is 0.706. The smallest absolute Gasteiger partial charge is 0.270 e. The zero-order valence-corrected chi connectivity index (χ0v) is 15.8. The van der Waals surface area contributed by atoms with E-state index in [1.165, 1.54) is 30.3 Å². The molecule has 7 heteroatoms. The Bertz CT molecular complexity index is 951. The topological polar surface area (TPSA) is 59.0 Å². The number of ketones is 1. The van der Waals surface area contributed by atoms with Gasteiger partial charge in [0.2, 0.25) is 0 Å². The van der Waals surface area contributed by atoms with Gasteiger partial charge in [0.25, 0.3) is 11.8 Å². The standard InChI is InChI=1S/C21H20F2N2O3/c1-13-19(18(26)11-14-6-4-7-15(10-14)21(2,22)23)20(27)25(24-13)16-8-5-9-17(12-16)28-3/h4-10,12,19H,11H2,1-3H3. The Labute approximate surface area is 161 Å². The van der Waals surface area contributed by atoms with Crippen LogP contribution >= 0.6 is 0 Å². The number of amides is 1. The highest BCUT2D eigenvalue weighted by molar-refractivity contribution is 6.27. The molecule has 1 aliphatic rings. The van der Waals surface area contributed by atoms with Gasteiger partial charge in [0.05, 0.1) is 18.5 Å². The lowest BCUT2D eigenvalue weighted by molar-refractivity contribution is -0.128. The normalized spacial score (nSPS) is 16.9. The van der Waals surface area contributed by atoms with Gasteiger partial charge in [-0.25, -0.2) is 8.78 Å². The van der Waals surface area contributed by atoms with E-state index in [-0.39, 0.29) is 17.8 Å². The molecule has 0 N–H and O–H groups in total. The van der Waals surface area contributed by atoms with Crippen molar-refractivity contribution in [3.8, 4) is 5.75 Å². The van der Waals surface area contributed by atoms with Crippen LogP contribution in [0.3, 0.4) is 0 Å². The molecule has 1 atom stereocenters. The van der Waals surface area contributed by atoms with E-state index < -0.39 is 17.7 Å². The van der Waals surface area contributed by atoms with Crippen LogP contribution in [0, 0.1) is 5.92 Å². The van der Waals surface area contributed by atoms with Crippen molar-refractivity contribution in [3.63, 3.8) is 0 Å². The first-order valence-corrected chi connectivity index (χ1v) is 8.74. The Morgan fingerprint density at radius 3 is 2.61 bits per heavy atom. The number of benzene rings is 2. The summed E-state index contributed by atoms with van der Waals surface area (Å²) in [5.41, 5.74) is 1.13. The van der Waals surface area contributed by atoms with Crippen LogP contribution in [0.15, 0.2) is 53.6 Å². The lowest BCUT2D eigenvalue weighted by Crippen LogP contribution is -2.33. The summed E-state index contributed by atoms with van der Waals surface area (Å²) >= 11 is 0. The van der Waals surface area contributed by atoms with Crippen LogP contribution < -0.4 is 9.75 Å². The summed E-state index contributed by atoms with van der Waals surface area (Å²) in [5.74, 6) is -4.31. The summed E-state index contributed by atoms with van der Waals surface area (Å²) in [5, 5.41) is 5.40. The average Bonchev–Trinajstić information content (AvgIpc) is 2.95. The minimum absolute atomic E-state index is 0.126. The Morgan fingerprint density at radius 1 is 1.21 bits per heavy atom. The molecule has 1 unspecified atom stereocenters. The van der Waals surface area contributed by atoms with Gasteiger partial charge in [-0.15, -0.1) is 0 Å². The number of rotatable bonds is 6. The number of carbonyl (C=O) groups is 2. The van der Waals surface area contributed by atoms with Gasteiger partial charge in [0, 0.05) is 25.0 Å². The fraction of sp³-hybridized carbons (Fsp3) is 0.286. The molecule has 0 aromatic heterocycles. The number of carbonyl (C=O) groups excluding carboxylic acids is 2. The number of hydrogen-bond donors (Lipinski definition) is 0. The first-order chi connectivity index (χ1) is 13.2. The predicted molar refractivity (Wildman–Crippen MR) is 102 cm³/mol. The third-order valence-corrected chi connectivity index (χ3v) is 4.56. The fourth-order valence-corrected chi connectivity index (χ4v) is 3.12. The number of methoxy groups -OCH3 is 1. The van der Waals surface area contributed by atoms with Gasteiger partial charge in [-0.1, -0.05) is 24.3 Å². The Morgan fingerprint density at radius 2 is 1.93 bits per heavy atom. The highest BCUT2D eigenvalue weighted by atomic mass is 19.3. The molecule has 1 amide bonds. The third-order valence-electron chi connectivity index (χ3n) is 4.56. The number of nitrogens with zero attached hydrogens (tertiary/aromatic N) is 2. The first-order valence-electron chi connectivity index (χ1n) is 8.74. The van der Waals surface area contributed by atoms with Gasteiger partial charge in [-0.2, -0.15) is 10.1 Å². The first kappa shape index (κ1) is 19.7. The molecule has 0 spiro atoms. The van der Waals surface area contributed by atoms with Crippen molar-refractivity contribution < 1.29 is 23.1 Å². The van der Waals surface area contributed by atoms with Crippen molar-refractivity contribution in [1.82, 2.24) is 0 Å². The second kappa shape index (κ2) is 7.50. The van der Waals surface area contributed by atoms with E-state index >= 15 is 0 Å². The average molecular weight is 386 g/mol. The van der Waals surface area contributed by atoms with Crippen LogP contribution in [-0.2, 0) is 21.9 Å². The van der Waals surface area contributed by atoms with E-state index in [1.54, 1.807) is 37.3 Å². The molecule has 28 heavy (non-hydrogen) atoms. The molecular formula is C21H20F2N2O3. The number of Topliss-reactive ketones (excluding diaryl/α,β-unsaturated/α-hetero) is 1. The van der Waals surface area contributed by atoms with Crippen LogP contribution in [0.1, 0.15) is 25.0 Å². The van der Waals surface area contributed by atoms with E-state index in [1.807, 2.05) is 0 Å². The maximum absolute atomic E-state index is 13.5. The molecule has 1 heterocycles. The van der Waals surface area contributed by atoms with Gasteiger partial charge in [0.15, 0.2) is 5.78 Å². The van der Waals surface area contributed by atoms with Crippen LogP contribution in [0.25, 0.3) is 0 Å². The highest BCUT2D eigenvalue weighted by Gasteiger charge is 2.39. The monoisotopic (exact) mass is 386 g/mol. The summed E-state index contributed by atoms with van der Waals surface area (Å²) < 4.78 is 32.2. The minimum atomic E-state index is -3.00. The zero-order valence-electron chi connectivity index (χ0n) is 15.8. The second-order valence-electron chi connectivity index (χ2n) is 6.76. The van der Waals surface area contributed by atoms with Gasteiger partial charge >= 0.3 is 0 Å². The van der Waals surface area contributed by atoms with Crippen molar-refractivity contribution in [3.05, 3.63) is 59.7 Å². The number of alkyl halides is 2. The Kier molecular flexibility index (Phi) is 5.27. The minimum Gasteiger partial charge on any atom is -0.497 e. The van der Waals surface area contributed by atoms with Crippen molar-refractivity contribution in [2.75, 3.05) is 12.1 Å². The van der Waals surface area contributed by atoms with E-state index in [2.05, 4.69) is 5.10 Å². The molecule has 0 fully saturated rings. The number of hydrazone groups is 1. The molecule has 0 saturated heterocycles. The van der Waals surface area contributed by atoms with Crippen LogP contribution in [-0.4, -0.2) is 24.5 Å². The van der Waals surface area contributed by atoms with Gasteiger partial charge < -0.3 is 4.74 Å². The number of anilines is 1. The summed E-state index contributed by atoms with van der Waals surface area (Å²) in [6.45, 7) is 2.41. The Hall–Kier alpha value is -3.09. The molecule has 2 aromatic carbocycles. The molecule has 1 aliphatic heterocycles. The van der Waals surface area contributed by atoms with Gasteiger partial charge in [-0.3, -0.25) is 9.59 Å². The van der Waals surface area contributed by atoms with Crippen molar-refractivity contribution in [2.24, 2.45) is 11.0 Å². The molecule has 0 bridgehead atoms. The predicted octanol–water partition coefficient (Wildman–Crippen LogP) is 3.96. The van der Waals surface area contributed by atoms with Crippen LogP contribution in [0.5, 0.6) is 5.75 Å². The molecule has 0 saturated carbocycles. The molecule has 3 rings (SSSR count). The molecular weight excluding hydrogens is 366 g/mol. The lowest BCUT2D eigenvalue weighted by Gasteiger charge is -2.15. The van der Waals surface area contributed by atoms with Crippen LogP contribution in [0.4, 0.5) is 14.5 Å². The van der Waals surface area contributed by atoms with E-state index in [4.69, 9.17) is 4.74 Å². The summed E-state index contributed by atoms with van der Waals surface area (Å²) in [7, 11) is 1.51. The zero-order chi connectivity index (χ0) is 20.5. The SMILES string of the molecule is COc1cccc(N2N=C(C)C(C(=O)Cc3cccc(C(C)(F)F)c3)C2=O)c1. The second-order valence-corrected chi connectivity index (χ2v) is 6.76. The van der Waals surface area contributed by atoms with Crippen molar-refractivity contribution in [2.45, 2.75) is 26.2 Å². The van der Waals surface area contributed by atoms with E-state index in [9.17, 15) is 18.4 Å². The van der Waals surface area contributed by atoms with E-state index in [0.717, 1.165) is 6.92 Å². The maximum atomic E-state index is 13.5. The van der Waals surface area contributed by atoms with Crippen LogP contribution in [0.2, 0.25) is 0 Å². The van der Waals surface area contributed by atoms with Crippen molar-refractivity contribution in [1.29, 1.82) is 0 Å². The fourth-order valence-electron chi connectivity index (χ4n) is 3.12. The summed E-state index contributed by atoms with van der Waals surface area (Å²) in [6, 6.07) is 12.5. The largest absolute Gasteiger partial charge is 0.497 e. The van der Waals surface area contributed by atoms with Gasteiger partial charge in [-0.05, 0) is 30.7 Å². The number of hydrogen-bond acceptors (Lipinski definition) is 4. The lowest BCUT2D eigenvalue weighted by atomic mass is 9.93. The molecule has 5 nitrogen and oxygen atoms in total. The molecule has 2 aromatic rings. The summed E-state index contributed by atoms with van der Waals surface area (Å²) in [6.07, 6.45) is -0.126. The molecule has 146 valence electrons. The Balaban J connectivity index is 1.80. The van der Waals surface area contributed by atoms with Crippen molar-refractivity contribution >= 4 is 23.1 Å². The third kappa shape index (κ3) is 3.93. The maximum Gasteiger partial charge on any atom is 0.270 e. The number of ether oxygens (including phenoxy) is 1.